The molecule has 2 rings (SSSR count). The number of carbonyl (C=O) groups is 1. The van der Waals surface area contributed by atoms with Crippen molar-refractivity contribution in [1.82, 2.24) is 0 Å². The second kappa shape index (κ2) is 6.40. The van der Waals surface area contributed by atoms with Gasteiger partial charge in [0.2, 0.25) is 0 Å². The first-order chi connectivity index (χ1) is 8.81. The first-order valence-electron chi connectivity index (χ1n) is 6.23. The zero-order valence-corrected chi connectivity index (χ0v) is 10.6. The van der Waals surface area contributed by atoms with Crippen LogP contribution in [-0.4, -0.2) is 32.7 Å². The van der Waals surface area contributed by atoms with Gasteiger partial charge in [-0.3, -0.25) is 4.79 Å². The van der Waals surface area contributed by atoms with Gasteiger partial charge in [-0.1, -0.05) is 0 Å². The maximum absolute atomic E-state index is 11.9. The molecule has 0 spiro atoms. The Labute approximate surface area is 107 Å². The third-order valence-corrected chi connectivity index (χ3v) is 2.82. The highest BCUT2D eigenvalue weighted by Crippen LogP contribution is 2.30. The van der Waals surface area contributed by atoms with Gasteiger partial charge in [0, 0.05) is 32.1 Å². The molecule has 1 aromatic carbocycles. The third-order valence-electron chi connectivity index (χ3n) is 2.82. The van der Waals surface area contributed by atoms with Gasteiger partial charge in [-0.05, 0) is 24.6 Å². The molecule has 0 saturated heterocycles. The van der Waals surface area contributed by atoms with Crippen LogP contribution < -0.4 is 9.47 Å². The molecule has 1 aromatic rings. The van der Waals surface area contributed by atoms with Crippen LogP contribution in [0.2, 0.25) is 0 Å². The van der Waals surface area contributed by atoms with Crippen LogP contribution in [0.25, 0.3) is 0 Å². The molecule has 0 fully saturated rings. The number of methoxy groups -OCH3 is 1. The average molecular weight is 250 g/mol. The summed E-state index contributed by atoms with van der Waals surface area (Å²) >= 11 is 0. The van der Waals surface area contributed by atoms with Crippen LogP contribution in [0, 0.1) is 0 Å². The summed E-state index contributed by atoms with van der Waals surface area (Å²) < 4.78 is 16.0. The fraction of sp³-hybridized carbons (Fsp3) is 0.500. The summed E-state index contributed by atoms with van der Waals surface area (Å²) in [5.74, 6) is 1.51. The Morgan fingerprint density at radius 3 is 2.83 bits per heavy atom. The van der Waals surface area contributed by atoms with Gasteiger partial charge in [-0.15, -0.1) is 0 Å². The Balaban J connectivity index is 2.05. The molecule has 0 radical (unpaired) electrons. The fourth-order valence-corrected chi connectivity index (χ4v) is 1.86. The van der Waals surface area contributed by atoms with E-state index in [1.165, 1.54) is 0 Å². The van der Waals surface area contributed by atoms with Crippen molar-refractivity contribution in [3.05, 3.63) is 23.8 Å². The van der Waals surface area contributed by atoms with Crippen molar-refractivity contribution in [2.24, 2.45) is 0 Å². The highest BCUT2D eigenvalue weighted by atomic mass is 16.5. The largest absolute Gasteiger partial charge is 0.490 e. The molecule has 0 aromatic heterocycles. The van der Waals surface area contributed by atoms with Crippen molar-refractivity contribution >= 4 is 5.78 Å². The molecule has 0 unspecified atom stereocenters. The zero-order chi connectivity index (χ0) is 12.8. The van der Waals surface area contributed by atoms with Crippen molar-refractivity contribution in [1.29, 1.82) is 0 Å². The summed E-state index contributed by atoms with van der Waals surface area (Å²) in [6, 6.07) is 5.38. The van der Waals surface area contributed by atoms with E-state index in [1.54, 1.807) is 19.2 Å². The average Bonchev–Trinajstić information content (AvgIpc) is 2.63. The van der Waals surface area contributed by atoms with Gasteiger partial charge in [-0.25, -0.2) is 0 Å². The second-order valence-electron chi connectivity index (χ2n) is 4.23. The van der Waals surface area contributed by atoms with E-state index in [1.807, 2.05) is 6.07 Å². The van der Waals surface area contributed by atoms with E-state index in [2.05, 4.69) is 0 Å². The molecule has 4 heteroatoms. The number of rotatable bonds is 5. The summed E-state index contributed by atoms with van der Waals surface area (Å²) in [5, 5.41) is 0. The smallest absolute Gasteiger partial charge is 0.163 e. The van der Waals surface area contributed by atoms with Gasteiger partial charge < -0.3 is 14.2 Å². The Bertz CT molecular complexity index is 414. The molecule has 1 heterocycles. The van der Waals surface area contributed by atoms with E-state index in [0.29, 0.717) is 37.6 Å². The van der Waals surface area contributed by atoms with Gasteiger partial charge in [0.05, 0.1) is 13.2 Å². The Hall–Kier alpha value is -1.55. The fourth-order valence-electron chi connectivity index (χ4n) is 1.86. The van der Waals surface area contributed by atoms with Crippen LogP contribution >= 0.6 is 0 Å². The van der Waals surface area contributed by atoms with Crippen molar-refractivity contribution in [3.8, 4) is 11.5 Å². The molecule has 1 aliphatic rings. The lowest BCUT2D eigenvalue weighted by Crippen LogP contribution is -2.02. The Kier molecular flexibility index (Phi) is 4.59. The highest BCUT2D eigenvalue weighted by molar-refractivity contribution is 5.96. The number of ketones is 1. The molecular weight excluding hydrogens is 232 g/mol. The molecule has 0 saturated carbocycles. The SMILES string of the molecule is COCCCC(=O)c1ccc2c(c1)OCCCO2. The van der Waals surface area contributed by atoms with Gasteiger partial charge in [-0.2, -0.15) is 0 Å². The quantitative estimate of drug-likeness (QED) is 0.595. The number of Topliss-reactive ketones (excluding diaryl/α,β-unsaturated/α-hetero) is 1. The molecule has 0 aliphatic carbocycles. The lowest BCUT2D eigenvalue weighted by Gasteiger charge is -2.08. The van der Waals surface area contributed by atoms with Crippen LogP contribution in [0.4, 0.5) is 0 Å². The minimum atomic E-state index is 0.114. The molecule has 0 amide bonds. The van der Waals surface area contributed by atoms with Crippen molar-refractivity contribution in [2.45, 2.75) is 19.3 Å². The Morgan fingerprint density at radius 1 is 1.28 bits per heavy atom. The van der Waals surface area contributed by atoms with Crippen LogP contribution in [-0.2, 0) is 4.74 Å². The maximum Gasteiger partial charge on any atom is 0.163 e. The van der Waals surface area contributed by atoms with Crippen LogP contribution in [0.1, 0.15) is 29.6 Å². The van der Waals surface area contributed by atoms with Gasteiger partial charge in [0.25, 0.3) is 0 Å². The molecule has 0 N–H and O–H groups in total. The van der Waals surface area contributed by atoms with E-state index < -0.39 is 0 Å². The predicted octanol–water partition coefficient (Wildman–Crippen LogP) is 2.46. The molecule has 18 heavy (non-hydrogen) atoms. The first-order valence-corrected chi connectivity index (χ1v) is 6.23. The lowest BCUT2D eigenvalue weighted by atomic mass is 10.1. The summed E-state index contributed by atoms with van der Waals surface area (Å²) in [6.45, 7) is 1.90. The summed E-state index contributed by atoms with van der Waals surface area (Å²) in [7, 11) is 1.64. The van der Waals surface area contributed by atoms with E-state index in [-0.39, 0.29) is 5.78 Å². The van der Waals surface area contributed by atoms with Crippen molar-refractivity contribution < 1.29 is 19.0 Å². The van der Waals surface area contributed by atoms with Crippen LogP contribution in [0.15, 0.2) is 18.2 Å². The van der Waals surface area contributed by atoms with E-state index in [9.17, 15) is 4.79 Å². The summed E-state index contributed by atoms with van der Waals surface area (Å²) in [4.78, 5) is 11.9. The monoisotopic (exact) mass is 250 g/mol. The summed E-state index contributed by atoms with van der Waals surface area (Å²) in [5.41, 5.74) is 0.676. The molecular formula is C14H18O4. The Morgan fingerprint density at radius 2 is 2.06 bits per heavy atom. The molecule has 4 nitrogen and oxygen atoms in total. The third kappa shape index (κ3) is 3.23. The van der Waals surface area contributed by atoms with E-state index >= 15 is 0 Å². The minimum Gasteiger partial charge on any atom is -0.490 e. The molecule has 1 aliphatic heterocycles. The number of fused-ring (bicyclic) bond motifs is 1. The molecule has 98 valence electrons. The van der Waals surface area contributed by atoms with Crippen molar-refractivity contribution in [2.75, 3.05) is 26.9 Å². The zero-order valence-electron chi connectivity index (χ0n) is 10.6. The van der Waals surface area contributed by atoms with Crippen LogP contribution in [0.5, 0.6) is 11.5 Å². The van der Waals surface area contributed by atoms with E-state index in [0.717, 1.165) is 18.6 Å². The topological polar surface area (TPSA) is 44.8 Å². The number of ether oxygens (including phenoxy) is 3. The number of carbonyl (C=O) groups excluding carboxylic acids is 1. The predicted molar refractivity (Wildman–Crippen MR) is 67.5 cm³/mol. The van der Waals surface area contributed by atoms with Crippen molar-refractivity contribution in [3.63, 3.8) is 0 Å². The van der Waals surface area contributed by atoms with E-state index in [4.69, 9.17) is 14.2 Å². The summed E-state index contributed by atoms with van der Waals surface area (Å²) in [6.07, 6.45) is 2.10. The number of hydrogen-bond donors (Lipinski definition) is 0. The normalized spacial score (nSPS) is 14.1. The standard InChI is InChI=1S/C14H18O4/c1-16-7-2-4-12(15)11-5-6-13-14(10-11)18-9-3-8-17-13/h5-6,10H,2-4,7-9H2,1H3. The number of benzene rings is 1. The second-order valence-corrected chi connectivity index (χ2v) is 4.23. The minimum absolute atomic E-state index is 0.114. The lowest BCUT2D eigenvalue weighted by molar-refractivity contribution is 0.0963. The molecule has 0 atom stereocenters. The van der Waals surface area contributed by atoms with Gasteiger partial charge in [0.15, 0.2) is 17.3 Å². The van der Waals surface area contributed by atoms with Gasteiger partial charge in [0.1, 0.15) is 0 Å². The molecule has 0 bridgehead atoms. The maximum atomic E-state index is 11.9. The van der Waals surface area contributed by atoms with Gasteiger partial charge >= 0.3 is 0 Å². The number of hydrogen-bond acceptors (Lipinski definition) is 4. The van der Waals surface area contributed by atoms with Crippen LogP contribution in [0.3, 0.4) is 0 Å². The highest BCUT2D eigenvalue weighted by Gasteiger charge is 2.13. The first kappa shape index (κ1) is 12.9.